The number of rotatable bonds is 6. The lowest BCUT2D eigenvalue weighted by atomic mass is 9.96. The predicted octanol–water partition coefficient (Wildman–Crippen LogP) is 1.90. The van der Waals surface area contributed by atoms with Gasteiger partial charge in [0.25, 0.3) is 0 Å². The summed E-state index contributed by atoms with van der Waals surface area (Å²) in [6, 6.07) is 1.96. The SMILES string of the molecule is OCCNc1cc(N2CCc3[nH]nc(CC4CCCC4)c3C2)ncn1. The molecule has 134 valence electrons. The Morgan fingerprint density at radius 3 is 3.00 bits per heavy atom. The van der Waals surface area contributed by atoms with Crippen molar-refractivity contribution >= 4 is 11.6 Å². The summed E-state index contributed by atoms with van der Waals surface area (Å²) in [4.78, 5) is 11.0. The van der Waals surface area contributed by atoms with Crippen LogP contribution >= 0.6 is 0 Å². The Bertz CT molecular complexity index is 709. The zero-order valence-corrected chi connectivity index (χ0v) is 14.5. The highest BCUT2D eigenvalue weighted by Gasteiger charge is 2.25. The van der Waals surface area contributed by atoms with Gasteiger partial charge in [0, 0.05) is 43.4 Å². The van der Waals surface area contributed by atoms with Crippen LogP contribution in [0.2, 0.25) is 0 Å². The second-order valence-corrected chi connectivity index (χ2v) is 7.07. The molecule has 0 radical (unpaired) electrons. The molecular formula is C18H26N6O. The monoisotopic (exact) mass is 342 g/mol. The molecule has 7 nitrogen and oxygen atoms in total. The number of aliphatic hydroxyl groups excluding tert-OH is 1. The molecule has 0 unspecified atom stereocenters. The third-order valence-corrected chi connectivity index (χ3v) is 5.37. The predicted molar refractivity (Wildman–Crippen MR) is 96.6 cm³/mol. The van der Waals surface area contributed by atoms with Crippen LogP contribution in [-0.4, -0.2) is 45.0 Å². The molecule has 3 N–H and O–H groups in total. The molecule has 3 heterocycles. The molecule has 1 fully saturated rings. The summed E-state index contributed by atoms with van der Waals surface area (Å²) in [6.07, 6.45) is 9.08. The van der Waals surface area contributed by atoms with Crippen LogP contribution in [0.4, 0.5) is 11.6 Å². The molecule has 0 aromatic carbocycles. The van der Waals surface area contributed by atoms with E-state index in [9.17, 15) is 0 Å². The van der Waals surface area contributed by atoms with Gasteiger partial charge in [-0.05, 0) is 12.3 Å². The van der Waals surface area contributed by atoms with Crippen molar-refractivity contribution in [3.05, 3.63) is 29.3 Å². The lowest BCUT2D eigenvalue weighted by Gasteiger charge is -2.28. The van der Waals surface area contributed by atoms with Crippen molar-refractivity contribution in [3.63, 3.8) is 0 Å². The Morgan fingerprint density at radius 1 is 1.28 bits per heavy atom. The van der Waals surface area contributed by atoms with E-state index in [1.54, 1.807) is 6.33 Å². The minimum absolute atomic E-state index is 0.0892. The molecule has 0 saturated heterocycles. The maximum atomic E-state index is 8.95. The largest absolute Gasteiger partial charge is 0.395 e. The van der Waals surface area contributed by atoms with Crippen LogP contribution < -0.4 is 10.2 Å². The number of hydrogen-bond donors (Lipinski definition) is 3. The Morgan fingerprint density at radius 2 is 2.16 bits per heavy atom. The Kier molecular flexibility index (Phi) is 4.83. The van der Waals surface area contributed by atoms with Crippen molar-refractivity contribution < 1.29 is 5.11 Å². The molecule has 0 spiro atoms. The van der Waals surface area contributed by atoms with E-state index >= 15 is 0 Å². The van der Waals surface area contributed by atoms with Gasteiger partial charge in [0.05, 0.1) is 12.3 Å². The topological polar surface area (TPSA) is 90.0 Å². The summed E-state index contributed by atoms with van der Waals surface area (Å²) in [6.45, 7) is 2.36. The molecule has 25 heavy (non-hydrogen) atoms. The van der Waals surface area contributed by atoms with Crippen molar-refractivity contribution in [2.24, 2.45) is 5.92 Å². The first kappa shape index (κ1) is 16.3. The number of nitrogens with one attached hydrogen (secondary N) is 2. The van der Waals surface area contributed by atoms with Crippen molar-refractivity contribution in [1.29, 1.82) is 0 Å². The van der Waals surface area contributed by atoms with Crippen LogP contribution in [0.5, 0.6) is 0 Å². The van der Waals surface area contributed by atoms with E-state index in [0.29, 0.717) is 6.54 Å². The number of aromatic amines is 1. The second kappa shape index (κ2) is 7.39. The third-order valence-electron chi connectivity index (χ3n) is 5.37. The number of H-pyrrole nitrogens is 1. The maximum Gasteiger partial charge on any atom is 0.134 e. The first-order chi connectivity index (χ1) is 12.3. The van der Waals surface area contributed by atoms with Gasteiger partial charge < -0.3 is 15.3 Å². The zero-order chi connectivity index (χ0) is 17.1. The quantitative estimate of drug-likeness (QED) is 0.743. The minimum atomic E-state index is 0.0892. The summed E-state index contributed by atoms with van der Waals surface area (Å²) in [5.74, 6) is 2.48. The van der Waals surface area contributed by atoms with Gasteiger partial charge in [-0.1, -0.05) is 25.7 Å². The second-order valence-electron chi connectivity index (χ2n) is 7.07. The molecule has 0 atom stereocenters. The first-order valence-electron chi connectivity index (χ1n) is 9.30. The number of fused-ring (bicyclic) bond motifs is 1. The highest BCUT2D eigenvalue weighted by Crippen LogP contribution is 2.31. The average molecular weight is 342 g/mol. The minimum Gasteiger partial charge on any atom is -0.395 e. The van der Waals surface area contributed by atoms with Crippen LogP contribution in [0.25, 0.3) is 0 Å². The standard InChI is InChI=1S/C18H26N6O/c25-8-6-19-17-10-18(21-12-20-17)24-7-5-15-14(11-24)16(23-22-15)9-13-3-1-2-4-13/h10,12-13,25H,1-9,11H2,(H,22,23)(H,19,20,21). The van der Waals surface area contributed by atoms with Crippen LogP contribution in [0.1, 0.15) is 42.6 Å². The number of aromatic nitrogens is 4. The van der Waals surface area contributed by atoms with Gasteiger partial charge in [-0.15, -0.1) is 0 Å². The summed E-state index contributed by atoms with van der Waals surface area (Å²) in [5.41, 5.74) is 3.90. The van der Waals surface area contributed by atoms with Crippen molar-refractivity contribution in [2.75, 3.05) is 29.9 Å². The number of nitrogens with zero attached hydrogens (tertiary/aromatic N) is 4. The van der Waals surface area contributed by atoms with E-state index in [2.05, 4.69) is 30.4 Å². The van der Waals surface area contributed by atoms with E-state index in [1.807, 2.05) is 6.07 Å². The van der Waals surface area contributed by atoms with Crippen molar-refractivity contribution in [3.8, 4) is 0 Å². The fourth-order valence-electron chi connectivity index (χ4n) is 4.01. The Hall–Kier alpha value is -2.15. The third kappa shape index (κ3) is 3.61. The Balaban J connectivity index is 1.49. The highest BCUT2D eigenvalue weighted by atomic mass is 16.3. The number of aliphatic hydroxyl groups is 1. The molecule has 0 bridgehead atoms. The molecular weight excluding hydrogens is 316 g/mol. The van der Waals surface area contributed by atoms with Crippen molar-refractivity contribution in [2.45, 2.75) is 45.1 Å². The Labute approximate surface area is 147 Å². The van der Waals surface area contributed by atoms with Gasteiger partial charge in [0.15, 0.2) is 0 Å². The summed E-state index contributed by atoms with van der Waals surface area (Å²) >= 11 is 0. The normalized spacial score (nSPS) is 17.7. The molecule has 4 rings (SSSR count). The van der Waals surface area contributed by atoms with Gasteiger partial charge in [-0.3, -0.25) is 5.10 Å². The highest BCUT2D eigenvalue weighted by molar-refractivity contribution is 5.50. The molecule has 1 aliphatic heterocycles. The van der Waals surface area contributed by atoms with E-state index in [-0.39, 0.29) is 6.61 Å². The molecule has 1 saturated carbocycles. The van der Waals surface area contributed by atoms with E-state index in [0.717, 1.165) is 43.5 Å². The lowest BCUT2D eigenvalue weighted by Crippen LogP contribution is -2.31. The smallest absolute Gasteiger partial charge is 0.134 e. The zero-order valence-electron chi connectivity index (χ0n) is 14.5. The van der Waals surface area contributed by atoms with Crippen molar-refractivity contribution in [1.82, 2.24) is 20.2 Å². The van der Waals surface area contributed by atoms with Crippen LogP contribution in [0, 0.1) is 5.92 Å². The van der Waals surface area contributed by atoms with Crippen LogP contribution in [-0.2, 0) is 19.4 Å². The van der Waals surface area contributed by atoms with Gasteiger partial charge in [0.2, 0.25) is 0 Å². The summed E-state index contributed by atoms with van der Waals surface area (Å²) in [5, 5.41) is 19.9. The molecule has 0 amide bonds. The van der Waals surface area contributed by atoms with E-state index in [1.165, 1.54) is 42.6 Å². The first-order valence-corrected chi connectivity index (χ1v) is 9.30. The average Bonchev–Trinajstić information content (AvgIpc) is 3.30. The van der Waals surface area contributed by atoms with Gasteiger partial charge in [-0.2, -0.15) is 5.10 Å². The molecule has 2 aromatic heterocycles. The fourth-order valence-corrected chi connectivity index (χ4v) is 4.01. The molecule has 2 aliphatic rings. The summed E-state index contributed by atoms with van der Waals surface area (Å²) < 4.78 is 0. The lowest BCUT2D eigenvalue weighted by molar-refractivity contribution is 0.311. The number of hydrogen-bond acceptors (Lipinski definition) is 6. The van der Waals surface area contributed by atoms with Crippen LogP contribution in [0.15, 0.2) is 12.4 Å². The van der Waals surface area contributed by atoms with Crippen LogP contribution in [0.3, 0.4) is 0 Å². The molecule has 1 aliphatic carbocycles. The van der Waals surface area contributed by atoms with Gasteiger partial charge in [0.1, 0.15) is 18.0 Å². The van der Waals surface area contributed by atoms with Gasteiger partial charge >= 0.3 is 0 Å². The fraction of sp³-hybridized carbons (Fsp3) is 0.611. The maximum absolute atomic E-state index is 8.95. The van der Waals surface area contributed by atoms with Gasteiger partial charge in [-0.25, -0.2) is 9.97 Å². The molecule has 7 heteroatoms. The summed E-state index contributed by atoms with van der Waals surface area (Å²) in [7, 11) is 0. The molecule has 2 aromatic rings. The van der Waals surface area contributed by atoms with E-state index < -0.39 is 0 Å². The van der Waals surface area contributed by atoms with E-state index in [4.69, 9.17) is 5.11 Å². The number of anilines is 2.